The third kappa shape index (κ3) is 0.876. The van der Waals surface area contributed by atoms with Gasteiger partial charge >= 0.3 is 0 Å². The van der Waals surface area contributed by atoms with Crippen molar-refractivity contribution in [2.75, 3.05) is 24.7 Å². The van der Waals surface area contributed by atoms with Gasteiger partial charge in [-0.25, -0.2) is 0 Å². The van der Waals surface area contributed by atoms with Crippen molar-refractivity contribution in [1.29, 1.82) is 0 Å². The fourth-order valence-electron chi connectivity index (χ4n) is 1.43. The summed E-state index contributed by atoms with van der Waals surface area (Å²) in [7, 11) is 0. The van der Waals surface area contributed by atoms with Gasteiger partial charge in [-0.2, -0.15) is 0 Å². The average Bonchev–Trinajstić information content (AvgIpc) is 2.09. The van der Waals surface area contributed by atoms with Crippen molar-refractivity contribution in [2.45, 2.75) is 6.42 Å². The van der Waals surface area contributed by atoms with Crippen molar-refractivity contribution >= 4 is 11.2 Å². The highest BCUT2D eigenvalue weighted by molar-refractivity contribution is 7.91. The van der Waals surface area contributed by atoms with E-state index in [1.807, 2.05) is 0 Å². The van der Waals surface area contributed by atoms with E-state index in [-0.39, 0.29) is 0 Å². The van der Waals surface area contributed by atoms with Crippen LogP contribution in [0.4, 0.5) is 0 Å². The molecule has 52 valence electrons. The topological polar surface area (TPSA) is 32.3 Å². The van der Waals surface area contributed by atoms with E-state index in [4.69, 9.17) is 4.74 Å². The normalized spacial score (nSPS) is 39.0. The van der Waals surface area contributed by atoms with Crippen LogP contribution >= 0.6 is 0 Å². The lowest BCUT2D eigenvalue weighted by molar-refractivity contribution is -0.0958. The Labute approximate surface area is 57.8 Å². The summed E-state index contributed by atoms with van der Waals surface area (Å²) < 4.78 is 16.0. The Morgan fingerprint density at radius 2 is 2.22 bits per heavy atom. The van der Waals surface area contributed by atoms with Crippen molar-refractivity contribution in [3.8, 4) is 0 Å². The molecule has 2 heterocycles. The van der Waals surface area contributed by atoms with Crippen LogP contribution in [0.2, 0.25) is 0 Å². The van der Waals surface area contributed by atoms with Gasteiger partial charge in [0.05, 0.1) is 18.6 Å². The number of hydrogen-bond acceptors (Lipinski definition) is 2. The Morgan fingerprint density at radius 3 is 2.44 bits per heavy atom. The maximum absolute atomic E-state index is 10.9. The largest absolute Gasteiger partial charge is 0.616 e. The Balaban J connectivity index is 1.99. The molecule has 0 N–H and O–H groups in total. The van der Waals surface area contributed by atoms with Gasteiger partial charge in [-0.15, -0.1) is 0 Å². The smallest absolute Gasteiger partial charge is 0.115 e. The summed E-state index contributed by atoms with van der Waals surface area (Å²) in [6, 6.07) is 0. The summed E-state index contributed by atoms with van der Waals surface area (Å²) in [5.74, 6) is 1.80. The standard InChI is InChI=1S/C6H10O2S/c7-9-2-1-6(5-9)3-8-4-6/h1-5H2. The molecule has 2 saturated heterocycles. The van der Waals surface area contributed by atoms with Gasteiger partial charge in [0, 0.05) is 6.42 Å². The molecule has 2 rings (SSSR count). The molecule has 0 aromatic carbocycles. The average molecular weight is 146 g/mol. The van der Waals surface area contributed by atoms with Crippen LogP contribution in [-0.2, 0) is 15.9 Å². The monoisotopic (exact) mass is 146 g/mol. The number of rotatable bonds is 0. The van der Waals surface area contributed by atoms with Gasteiger partial charge in [-0.1, -0.05) is 11.2 Å². The summed E-state index contributed by atoms with van der Waals surface area (Å²) >= 11 is -0.521. The highest BCUT2D eigenvalue weighted by Gasteiger charge is 2.47. The minimum absolute atomic E-state index is 0.366. The Kier molecular flexibility index (Phi) is 1.25. The Morgan fingerprint density at radius 1 is 1.44 bits per heavy atom. The highest BCUT2D eigenvalue weighted by atomic mass is 32.2. The molecular weight excluding hydrogens is 136 g/mol. The maximum Gasteiger partial charge on any atom is 0.115 e. The van der Waals surface area contributed by atoms with Gasteiger partial charge in [0.2, 0.25) is 0 Å². The van der Waals surface area contributed by atoms with Crippen LogP contribution in [0, 0.1) is 5.41 Å². The van der Waals surface area contributed by atoms with E-state index >= 15 is 0 Å². The molecule has 0 aromatic rings. The molecule has 9 heavy (non-hydrogen) atoms. The second-order valence-corrected chi connectivity index (χ2v) is 4.61. The Bertz CT molecular complexity index is 122. The molecule has 2 aliphatic rings. The van der Waals surface area contributed by atoms with Gasteiger partial charge < -0.3 is 9.29 Å². The molecule has 0 saturated carbocycles. The minimum atomic E-state index is -0.521. The van der Waals surface area contributed by atoms with Crippen LogP contribution in [0.1, 0.15) is 6.42 Å². The van der Waals surface area contributed by atoms with Crippen LogP contribution in [0.25, 0.3) is 0 Å². The summed E-state index contributed by atoms with van der Waals surface area (Å²) in [5, 5.41) is 0. The molecule has 0 aromatic heterocycles. The van der Waals surface area contributed by atoms with Gasteiger partial charge in [0.15, 0.2) is 0 Å². The van der Waals surface area contributed by atoms with E-state index in [1.165, 1.54) is 0 Å². The molecule has 0 amide bonds. The number of hydrogen-bond donors (Lipinski definition) is 0. The molecule has 2 aliphatic heterocycles. The van der Waals surface area contributed by atoms with Crippen LogP contribution < -0.4 is 0 Å². The van der Waals surface area contributed by atoms with Crippen LogP contribution in [0.3, 0.4) is 0 Å². The first-order valence-corrected chi connectivity index (χ1v) is 4.72. The summed E-state index contributed by atoms with van der Waals surface area (Å²) in [6.07, 6.45) is 1.12. The first-order chi connectivity index (χ1) is 4.31. The summed E-state index contributed by atoms with van der Waals surface area (Å²) in [4.78, 5) is 0. The van der Waals surface area contributed by atoms with Gasteiger partial charge in [0.1, 0.15) is 11.5 Å². The fourth-order valence-corrected chi connectivity index (χ4v) is 3.23. The minimum Gasteiger partial charge on any atom is -0.616 e. The molecule has 2 nitrogen and oxygen atoms in total. The quantitative estimate of drug-likeness (QED) is 0.456. The predicted molar refractivity (Wildman–Crippen MR) is 35.7 cm³/mol. The fraction of sp³-hybridized carbons (Fsp3) is 1.00. The molecule has 0 bridgehead atoms. The highest BCUT2D eigenvalue weighted by Crippen LogP contribution is 2.38. The molecule has 1 atom stereocenters. The molecule has 0 aliphatic carbocycles. The number of ether oxygens (including phenoxy) is 1. The van der Waals surface area contributed by atoms with Gasteiger partial charge in [0.25, 0.3) is 0 Å². The molecular formula is C6H10O2S. The zero-order valence-corrected chi connectivity index (χ0v) is 6.08. The first-order valence-electron chi connectivity index (χ1n) is 3.24. The van der Waals surface area contributed by atoms with Gasteiger partial charge in [-0.05, 0) is 0 Å². The molecule has 1 unspecified atom stereocenters. The lowest BCUT2D eigenvalue weighted by atomic mass is 9.86. The third-order valence-electron chi connectivity index (χ3n) is 2.14. The molecule has 2 fully saturated rings. The van der Waals surface area contributed by atoms with Crippen molar-refractivity contribution in [3.05, 3.63) is 0 Å². The summed E-state index contributed by atoms with van der Waals surface area (Å²) in [5.41, 5.74) is 0.366. The molecule has 0 radical (unpaired) electrons. The van der Waals surface area contributed by atoms with E-state index in [0.29, 0.717) is 5.41 Å². The second kappa shape index (κ2) is 1.87. The second-order valence-electron chi connectivity index (χ2n) is 3.03. The molecule has 1 spiro atoms. The zero-order chi connectivity index (χ0) is 6.32. The molecule has 3 heteroatoms. The Hall–Kier alpha value is 0.270. The zero-order valence-electron chi connectivity index (χ0n) is 5.26. The van der Waals surface area contributed by atoms with Crippen LogP contribution in [0.15, 0.2) is 0 Å². The third-order valence-corrected chi connectivity index (χ3v) is 3.74. The SMILES string of the molecule is [O-][S+]1CCC2(COC2)C1. The van der Waals surface area contributed by atoms with E-state index in [1.54, 1.807) is 0 Å². The van der Waals surface area contributed by atoms with Gasteiger partial charge in [-0.3, -0.25) is 0 Å². The van der Waals surface area contributed by atoms with E-state index in [9.17, 15) is 4.55 Å². The van der Waals surface area contributed by atoms with Crippen molar-refractivity contribution in [3.63, 3.8) is 0 Å². The summed E-state index contributed by atoms with van der Waals surface area (Å²) in [6.45, 7) is 1.72. The lowest BCUT2D eigenvalue weighted by Gasteiger charge is -2.34. The van der Waals surface area contributed by atoms with Crippen LogP contribution in [-0.4, -0.2) is 29.3 Å². The van der Waals surface area contributed by atoms with E-state index in [0.717, 1.165) is 31.1 Å². The van der Waals surface area contributed by atoms with Crippen molar-refractivity contribution < 1.29 is 9.29 Å². The maximum atomic E-state index is 10.9. The van der Waals surface area contributed by atoms with Crippen molar-refractivity contribution in [2.24, 2.45) is 5.41 Å². The first kappa shape index (κ1) is 6.01. The van der Waals surface area contributed by atoms with E-state index in [2.05, 4.69) is 0 Å². The van der Waals surface area contributed by atoms with Crippen LogP contribution in [0.5, 0.6) is 0 Å². The van der Waals surface area contributed by atoms with E-state index < -0.39 is 11.2 Å². The lowest BCUT2D eigenvalue weighted by Crippen LogP contribution is -2.43. The van der Waals surface area contributed by atoms with Crippen molar-refractivity contribution in [1.82, 2.24) is 0 Å². The predicted octanol–water partition coefficient (Wildman–Crippen LogP) is 0.155.